The molecule has 2 aromatic rings. The fourth-order valence-electron chi connectivity index (χ4n) is 6.34. The molecule has 2 heterocycles. The molecule has 1 aliphatic carbocycles. The molecule has 2 saturated heterocycles. The average Bonchev–Trinajstić information content (AvgIpc) is 2.95. The van der Waals surface area contributed by atoms with E-state index in [9.17, 15) is 13.2 Å². The number of halogens is 2. The number of carbonyl (C=O) groups is 1. The van der Waals surface area contributed by atoms with Crippen molar-refractivity contribution in [3.05, 3.63) is 54.1 Å². The number of piperidine rings is 1. The van der Waals surface area contributed by atoms with E-state index in [1.165, 1.54) is 44.2 Å². The van der Waals surface area contributed by atoms with E-state index >= 15 is 0 Å². The van der Waals surface area contributed by atoms with E-state index in [2.05, 4.69) is 31.6 Å². The predicted octanol–water partition coefficient (Wildman–Crippen LogP) is 5.63. The summed E-state index contributed by atoms with van der Waals surface area (Å²) >= 11 is 0. The zero-order valence-corrected chi connectivity index (χ0v) is 27.0. The monoisotopic (exact) mass is 640 g/mol. The second kappa shape index (κ2) is 16.1. The van der Waals surface area contributed by atoms with Crippen molar-refractivity contribution in [2.75, 3.05) is 56.8 Å². The zero-order valence-electron chi connectivity index (χ0n) is 24.6. The van der Waals surface area contributed by atoms with Crippen LogP contribution in [0.2, 0.25) is 0 Å². The molecule has 0 radical (unpaired) electrons. The first kappa shape index (κ1) is 34.5. The van der Waals surface area contributed by atoms with Crippen molar-refractivity contribution in [1.82, 2.24) is 14.7 Å². The van der Waals surface area contributed by atoms with Gasteiger partial charge in [0.2, 0.25) is 15.9 Å². The van der Waals surface area contributed by atoms with Crippen LogP contribution in [0.4, 0.5) is 5.69 Å². The quantitative estimate of drug-likeness (QED) is 0.383. The summed E-state index contributed by atoms with van der Waals surface area (Å²) in [7, 11) is -3.30. The highest BCUT2D eigenvalue weighted by Gasteiger charge is 2.31. The summed E-state index contributed by atoms with van der Waals surface area (Å²) in [5.74, 6) is 2.78. The molecule has 234 valence electrons. The number of sulfonamides is 1. The van der Waals surface area contributed by atoms with Gasteiger partial charge in [-0.05, 0) is 86.7 Å². The van der Waals surface area contributed by atoms with Gasteiger partial charge in [0, 0.05) is 50.9 Å². The van der Waals surface area contributed by atoms with Crippen molar-refractivity contribution in [1.29, 1.82) is 0 Å². The number of ether oxygens (including phenoxy) is 1. The number of piperazine rings is 1. The van der Waals surface area contributed by atoms with Crippen LogP contribution in [0, 0.1) is 11.8 Å². The topological polar surface area (TPSA) is 82.2 Å². The van der Waals surface area contributed by atoms with E-state index < -0.39 is 10.0 Å². The SMILES string of the molecule is CS(=O)(=O)Nc1ccc(Oc2ccc(CN3CCC(C(=O)N4CCN(CC5CCCCC5)CC4)CC3)cc2)cc1.Cl.Cl. The van der Waals surface area contributed by atoms with E-state index in [1.54, 1.807) is 24.3 Å². The second-order valence-corrected chi connectivity index (χ2v) is 13.6. The fraction of sp³-hybridized carbons (Fsp3) is 0.581. The normalized spacial score (nSPS) is 19.4. The molecule has 2 aromatic carbocycles. The largest absolute Gasteiger partial charge is 0.457 e. The number of amides is 1. The highest BCUT2D eigenvalue weighted by molar-refractivity contribution is 7.92. The Balaban J connectivity index is 0.00000242. The van der Waals surface area contributed by atoms with Crippen molar-refractivity contribution in [2.24, 2.45) is 11.8 Å². The Morgan fingerprint density at radius 3 is 1.93 bits per heavy atom. The number of likely N-dealkylation sites (tertiary alicyclic amines) is 1. The van der Waals surface area contributed by atoms with Crippen LogP contribution >= 0.6 is 24.8 Å². The van der Waals surface area contributed by atoms with Gasteiger partial charge in [-0.3, -0.25) is 19.3 Å². The molecule has 3 aliphatic rings. The third kappa shape index (κ3) is 10.3. The lowest BCUT2D eigenvalue weighted by Gasteiger charge is -2.40. The summed E-state index contributed by atoms with van der Waals surface area (Å²) < 4.78 is 31.1. The minimum atomic E-state index is -3.30. The van der Waals surface area contributed by atoms with E-state index in [-0.39, 0.29) is 30.7 Å². The van der Waals surface area contributed by atoms with Gasteiger partial charge in [-0.2, -0.15) is 0 Å². The highest BCUT2D eigenvalue weighted by Crippen LogP contribution is 2.27. The number of nitrogens with one attached hydrogen (secondary N) is 1. The van der Waals surface area contributed by atoms with Crippen LogP contribution in [-0.4, -0.2) is 81.1 Å². The fourth-order valence-corrected chi connectivity index (χ4v) is 6.91. The van der Waals surface area contributed by atoms with Gasteiger partial charge in [-0.1, -0.05) is 31.4 Å². The molecule has 3 fully saturated rings. The van der Waals surface area contributed by atoms with E-state index in [1.807, 2.05) is 12.1 Å². The highest BCUT2D eigenvalue weighted by atomic mass is 35.5. The van der Waals surface area contributed by atoms with Crippen LogP contribution in [0.3, 0.4) is 0 Å². The summed E-state index contributed by atoms with van der Waals surface area (Å²) in [6.07, 6.45) is 9.97. The van der Waals surface area contributed by atoms with Crippen molar-refractivity contribution in [3.8, 4) is 11.5 Å². The van der Waals surface area contributed by atoms with Crippen LogP contribution in [0.15, 0.2) is 48.5 Å². The standard InChI is InChI=1S/C31H44N4O4S.2ClH/c1-40(37,38)32-28-9-13-30(14-10-28)39-29-11-7-26(8-12-29)24-33-17-15-27(16-18-33)31(36)35-21-19-34(20-22-35)23-25-5-3-2-4-6-25;;/h7-14,25,27,32H,2-6,15-24H2,1H3;2*1H. The molecular formula is C31H46Cl2N4O4S. The van der Waals surface area contributed by atoms with Gasteiger partial charge in [0.05, 0.1) is 6.26 Å². The smallest absolute Gasteiger partial charge is 0.229 e. The number of hydrogen-bond donors (Lipinski definition) is 1. The Kier molecular flexibility index (Phi) is 13.2. The minimum Gasteiger partial charge on any atom is -0.457 e. The lowest BCUT2D eigenvalue weighted by Crippen LogP contribution is -2.52. The van der Waals surface area contributed by atoms with E-state index in [4.69, 9.17) is 4.74 Å². The van der Waals surface area contributed by atoms with Gasteiger partial charge in [0.25, 0.3) is 0 Å². The molecule has 42 heavy (non-hydrogen) atoms. The molecule has 0 aromatic heterocycles. The van der Waals surface area contributed by atoms with E-state index in [0.717, 1.165) is 76.6 Å². The molecule has 1 amide bonds. The third-order valence-electron chi connectivity index (χ3n) is 8.58. The minimum absolute atomic E-state index is 0. The number of carbonyl (C=O) groups excluding carboxylic acids is 1. The number of rotatable bonds is 9. The van der Waals surface area contributed by atoms with Crippen molar-refractivity contribution >= 4 is 46.4 Å². The zero-order chi connectivity index (χ0) is 28.0. The summed E-state index contributed by atoms with van der Waals surface area (Å²) in [6, 6.07) is 14.9. The lowest BCUT2D eigenvalue weighted by atomic mass is 9.89. The Morgan fingerprint density at radius 2 is 1.36 bits per heavy atom. The maximum absolute atomic E-state index is 13.2. The summed E-state index contributed by atoms with van der Waals surface area (Å²) in [5, 5.41) is 0. The van der Waals surface area contributed by atoms with Crippen LogP contribution in [0.1, 0.15) is 50.5 Å². The van der Waals surface area contributed by atoms with Gasteiger partial charge in [0.15, 0.2) is 0 Å². The maximum Gasteiger partial charge on any atom is 0.229 e. The molecule has 5 rings (SSSR count). The number of nitrogens with zero attached hydrogens (tertiary/aromatic N) is 3. The predicted molar refractivity (Wildman–Crippen MR) is 174 cm³/mol. The molecule has 11 heteroatoms. The van der Waals surface area contributed by atoms with Crippen LogP contribution in [0.25, 0.3) is 0 Å². The molecule has 0 spiro atoms. The summed E-state index contributed by atoms with van der Waals surface area (Å²) in [4.78, 5) is 20.4. The van der Waals surface area contributed by atoms with Gasteiger partial charge in [0.1, 0.15) is 11.5 Å². The molecular weight excluding hydrogens is 595 g/mol. The molecule has 2 aliphatic heterocycles. The Hall–Kier alpha value is -2.04. The summed E-state index contributed by atoms with van der Waals surface area (Å²) in [6.45, 7) is 7.84. The first-order valence-electron chi connectivity index (χ1n) is 14.9. The maximum atomic E-state index is 13.2. The van der Waals surface area contributed by atoms with Gasteiger partial charge >= 0.3 is 0 Å². The first-order chi connectivity index (χ1) is 19.3. The van der Waals surface area contributed by atoms with Gasteiger partial charge in [-0.15, -0.1) is 24.8 Å². The van der Waals surface area contributed by atoms with Crippen LogP contribution < -0.4 is 9.46 Å². The molecule has 1 saturated carbocycles. The number of benzene rings is 2. The average molecular weight is 642 g/mol. The third-order valence-corrected chi connectivity index (χ3v) is 9.19. The van der Waals surface area contributed by atoms with Gasteiger partial charge < -0.3 is 9.64 Å². The molecule has 0 unspecified atom stereocenters. The Morgan fingerprint density at radius 1 is 0.786 bits per heavy atom. The number of hydrogen-bond acceptors (Lipinski definition) is 6. The molecule has 0 atom stereocenters. The Labute approximate surface area is 264 Å². The van der Waals surface area contributed by atoms with Crippen molar-refractivity contribution in [2.45, 2.75) is 51.5 Å². The van der Waals surface area contributed by atoms with Crippen molar-refractivity contribution < 1.29 is 17.9 Å². The Bertz CT molecular complexity index is 1210. The van der Waals surface area contributed by atoms with Crippen LogP contribution in [-0.2, 0) is 21.4 Å². The second-order valence-electron chi connectivity index (χ2n) is 11.8. The van der Waals surface area contributed by atoms with E-state index in [0.29, 0.717) is 17.3 Å². The van der Waals surface area contributed by atoms with Gasteiger partial charge in [-0.25, -0.2) is 8.42 Å². The molecule has 8 nitrogen and oxygen atoms in total. The lowest BCUT2D eigenvalue weighted by molar-refractivity contribution is -0.139. The molecule has 0 bridgehead atoms. The first-order valence-corrected chi connectivity index (χ1v) is 16.8. The number of anilines is 1. The van der Waals surface area contributed by atoms with Crippen LogP contribution in [0.5, 0.6) is 11.5 Å². The van der Waals surface area contributed by atoms with Crippen molar-refractivity contribution in [3.63, 3.8) is 0 Å². The summed E-state index contributed by atoms with van der Waals surface area (Å²) in [5.41, 5.74) is 1.72. The molecule has 1 N–H and O–H groups in total.